The fraction of sp³-hybridized carbons (Fsp3) is 0.286. The molecule has 3 aromatic heterocycles. The monoisotopic (exact) mass is 287 g/mol. The van der Waals surface area contributed by atoms with Crippen LogP contribution in [-0.2, 0) is 12.4 Å². The van der Waals surface area contributed by atoms with E-state index in [-0.39, 0.29) is 0 Å². The van der Waals surface area contributed by atoms with Crippen LogP contribution in [0.4, 0.5) is 0 Å². The van der Waals surface area contributed by atoms with Crippen LogP contribution < -0.4 is 0 Å². The first-order valence-corrected chi connectivity index (χ1v) is 6.87. The topological polar surface area (TPSA) is 56.5 Å². The lowest BCUT2D eigenvalue weighted by Crippen LogP contribution is -2.07. The zero-order chi connectivity index (χ0) is 14.1. The lowest BCUT2D eigenvalue weighted by molar-refractivity contribution is 0.742. The molecule has 0 unspecified atom stereocenters. The molecule has 3 rings (SSSR count). The van der Waals surface area contributed by atoms with E-state index < -0.39 is 0 Å². The van der Waals surface area contributed by atoms with Crippen molar-refractivity contribution in [2.24, 2.45) is 0 Å². The number of pyridine rings is 1. The van der Waals surface area contributed by atoms with E-state index in [2.05, 4.69) is 19.9 Å². The minimum absolute atomic E-state index is 0.347. The van der Waals surface area contributed by atoms with E-state index >= 15 is 0 Å². The van der Waals surface area contributed by atoms with Gasteiger partial charge >= 0.3 is 0 Å². The van der Waals surface area contributed by atoms with Gasteiger partial charge in [0.25, 0.3) is 0 Å². The normalized spacial score (nSPS) is 11.2. The first-order valence-electron chi connectivity index (χ1n) is 6.34. The average Bonchev–Trinajstić information content (AvgIpc) is 2.79. The van der Waals surface area contributed by atoms with Crippen LogP contribution in [0, 0.1) is 13.8 Å². The second kappa shape index (κ2) is 5.17. The average molecular weight is 288 g/mol. The fourth-order valence-electron chi connectivity index (χ4n) is 2.21. The summed E-state index contributed by atoms with van der Waals surface area (Å²) in [6.45, 7) is 4.49. The van der Waals surface area contributed by atoms with Crippen molar-refractivity contribution in [1.29, 1.82) is 0 Å². The molecule has 0 saturated heterocycles. The van der Waals surface area contributed by atoms with E-state index in [1.807, 2.05) is 30.5 Å². The van der Waals surface area contributed by atoms with Gasteiger partial charge in [0.1, 0.15) is 17.2 Å². The number of imidazole rings is 1. The third-order valence-corrected chi connectivity index (χ3v) is 3.43. The molecule has 6 heteroatoms. The summed E-state index contributed by atoms with van der Waals surface area (Å²) in [7, 11) is 0. The van der Waals surface area contributed by atoms with E-state index in [1.165, 1.54) is 0 Å². The van der Waals surface area contributed by atoms with E-state index in [0.717, 1.165) is 34.1 Å². The minimum Gasteiger partial charge on any atom is -0.306 e. The molecule has 0 aliphatic heterocycles. The van der Waals surface area contributed by atoms with E-state index in [0.29, 0.717) is 12.4 Å². The highest BCUT2D eigenvalue weighted by molar-refractivity contribution is 6.16. The molecule has 0 bridgehead atoms. The van der Waals surface area contributed by atoms with Crippen LogP contribution in [0.1, 0.15) is 22.9 Å². The molecule has 3 heterocycles. The van der Waals surface area contributed by atoms with Gasteiger partial charge in [0, 0.05) is 12.4 Å². The van der Waals surface area contributed by atoms with Gasteiger partial charge in [-0.3, -0.25) is 0 Å². The molecule has 0 atom stereocenters. The second-order valence-electron chi connectivity index (χ2n) is 4.64. The Balaban J connectivity index is 2.12. The van der Waals surface area contributed by atoms with Crippen LogP contribution in [0.25, 0.3) is 11.2 Å². The van der Waals surface area contributed by atoms with Crippen molar-refractivity contribution < 1.29 is 0 Å². The van der Waals surface area contributed by atoms with Crippen LogP contribution in [0.2, 0.25) is 0 Å². The highest BCUT2D eigenvalue weighted by Gasteiger charge is 2.13. The molecule has 0 radical (unpaired) electrons. The molecule has 5 nitrogen and oxygen atoms in total. The highest BCUT2D eigenvalue weighted by Crippen LogP contribution is 2.19. The number of alkyl halides is 1. The summed E-state index contributed by atoms with van der Waals surface area (Å²) in [4.78, 5) is 17.5. The van der Waals surface area contributed by atoms with Crippen LogP contribution in [0.3, 0.4) is 0 Å². The molecule has 0 N–H and O–H groups in total. The van der Waals surface area contributed by atoms with Crippen LogP contribution >= 0.6 is 11.6 Å². The number of halogens is 1. The Labute approximate surface area is 121 Å². The van der Waals surface area contributed by atoms with Crippen molar-refractivity contribution in [3.63, 3.8) is 0 Å². The van der Waals surface area contributed by atoms with E-state index in [9.17, 15) is 0 Å². The van der Waals surface area contributed by atoms with Crippen molar-refractivity contribution in [1.82, 2.24) is 24.5 Å². The summed E-state index contributed by atoms with van der Waals surface area (Å²) in [5, 5.41) is 0. The third kappa shape index (κ3) is 2.25. The molecule has 0 amide bonds. The van der Waals surface area contributed by atoms with Gasteiger partial charge in [0.05, 0.1) is 18.1 Å². The maximum Gasteiger partial charge on any atom is 0.160 e. The number of fused-ring (bicyclic) bond motifs is 1. The Morgan fingerprint density at radius 3 is 2.65 bits per heavy atom. The van der Waals surface area contributed by atoms with Crippen molar-refractivity contribution in [3.8, 4) is 0 Å². The Bertz CT molecular complexity index is 765. The van der Waals surface area contributed by atoms with Crippen LogP contribution in [0.5, 0.6) is 0 Å². The lowest BCUT2D eigenvalue weighted by Gasteiger charge is -2.07. The van der Waals surface area contributed by atoms with Crippen molar-refractivity contribution in [2.45, 2.75) is 26.3 Å². The zero-order valence-corrected chi connectivity index (χ0v) is 12.1. The molecule has 0 fully saturated rings. The summed E-state index contributed by atoms with van der Waals surface area (Å²) in [5.41, 5.74) is 3.76. The van der Waals surface area contributed by atoms with Gasteiger partial charge in [-0.05, 0) is 31.5 Å². The van der Waals surface area contributed by atoms with Crippen LogP contribution in [0.15, 0.2) is 24.5 Å². The second-order valence-corrected chi connectivity index (χ2v) is 4.91. The summed E-state index contributed by atoms with van der Waals surface area (Å²) >= 11 is 6.01. The third-order valence-electron chi connectivity index (χ3n) is 3.19. The highest BCUT2D eigenvalue weighted by atomic mass is 35.5. The number of hydrogen-bond acceptors (Lipinski definition) is 4. The van der Waals surface area contributed by atoms with Gasteiger partial charge in [0.15, 0.2) is 5.65 Å². The molecular formula is C14H14ClN5. The Hall–Kier alpha value is -2.01. The molecular weight excluding hydrogens is 274 g/mol. The largest absolute Gasteiger partial charge is 0.306 e. The van der Waals surface area contributed by atoms with Gasteiger partial charge in [0.2, 0.25) is 0 Å². The predicted octanol–water partition coefficient (Wildman–Crippen LogP) is 2.63. The first-order chi connectivity index (χ1) is 9.69. The van der Waals surface area contributed by atoms with E-state index in [1.54, 1.807) is 12.4 Å². The molecule has 20 heavy (non-hydrogen) atoms. The van der Waals surface area contributed by atoms with Gasteiger partial charge in [-0.25, -0.2) is 19.9 Å². The summed E-state index contributed by atoms with van der Waals surface area (Å²) in [6.07, 6.45) is 3.55. The minimum atomic E-state index is 0.347. The number of rotatable bonds is 3. The summed E-state index contributed by atoms with van der Waals surface area (Å²) in [6, 6.07) is 3.85. The van der Waals surface area contributed by atoms with Crippen LogP contribution in [-0.4, -0.2) is 24.5 Å². The maximum absolute atomic E-state index is 6.01. The molecule has 0 spiro atoms. The molecule has 0 aromatic carbocycles. The maximum atomic E-state index is 6.01. The zero-order valence-electron chi connectivity index (χ0n) is 11.3. The molecule has 0 aliphatic carbocycles. The summed E-state index contributed by atoms with van der Waals surface area (Å²) in [5.74, 6) is 1.91. The lowest BCUT2D eigenvalue weighted by atomic mass is 10.3. The van der Waals surface area contributed by atoms with Crippen molar-refractivity contribution in [3.05, 3.63) is 47.4 Å². The number of aromatic nitrogens is 5. The SMILES string of the molecule is Cc1nccc(Cn2c(CCl)nc3c(C)ccnc32)n1. The quantitative estimate of drug-likeness (QED) is 0.695. The van der Waals surface area contributed by atoms with Crippen molar-refractivity contribution >= 4 is 22.8 Å². The fourth-order valence-corrected chi connectivity index (χ4v) is 2.41. The standard InChI is InChI=1S/C14H14ClN5/c1-9-3-5-17-14-13(9)19-12(7-15)20(14)8-11-4-6-16-10(2)18-11/h3-6H,7-8H2,1-2H3. The first kappa shape index (κ1) is 13.0. The Morgan fingerprint density at radius 1 is 1.10 bits per heavy atom. The molecule has 0 aliphatic rings. The van der Waals surface area contributed by atoms with Gasteiger partial charge in [-0.1, -0.05) is 0 Å². The van der Waals surface area contributed by atoms with Gasteiger partial charge in [-0.15, -0.1) is 11.6 Å². The summed E-state index contributed by atoms with van der Waals surface area (Å²) < 4.78 is 2.01. The smallest absolute Gasteiger partial charge is 0.160 e. The predicted molar refractivity (Wildman–Crippen MR) is 77.7 cm³/mol. The number of nitrogens with zero attached hydrogens (tertiary/aromatic N) is 5. The molecule has 3 aromatic rings. The number of aryl methyl sites for hydroxylation is 2. The molecule has 0 saturated carbocycles. The molecule has 102 valence electrons. The number of hydrogen-bond donors (Lipinski definition) is 0. The van der Waals surface area contributed by atoms with Crippen molar-refractivity contribution in [2.75, 3.05) is 0 Å². The Kier molecular flexibility index (Phi) is 3.36. The van der Waals surface area contributed by atoms with Gasteiger partial charge < -0.3 is 4.57 Å². The Morgan fingerprint density at radius 2 is 1.90 bits per heavy atom. The van der Waals surface area contributed by atoms with E-state index in [4.69, 9.17) is 11.6 Å². The van der Waals surface area contributed by atoms with Gasteiger partial charge in [-0.2, -0.15) is 0 Å².